The van der Waals surface area contributed by atoms with Crippen molar-refractivity contribution in [2.24, 2.45) is 0 Å². The molecule has 5 nitrogen and oxygen atoms in total. The summed E-state index contributed by atoms with van der Waals surface area (Å²) in [7, 11) is 0. The van der Waals surface area contributed by atoms with E-state index in [1.165, 1.54) is 6.20 Å². The smallest absolute Gasteiger partial charge is 0.179 e. The zero-order valence-corrected chi connectivity index (χ0v) is 9.60. The van der Waals surface area contributed by atoms with Crippen LogP contribution in [-0.2, 0) is 0 Å². The molecule has 0 spiro atoms. The van der Waals surface area contributed by atoms with Gasteiger partial charge in [0, 0.05) is 22.2 Å². The number of hydrogen-bond donors (Lipinski definition) is 2. The number of nitrogens with zero attached hydrogens (tertiary/aromatic N) is 1. The van der Waals surface area contributed by atoms with Crippen LogP contribution in [0.15, 0.2) is 28.9 Å². The van der Waals surface area contributed by atoms with E-state index in [-0.39, 0.29) is 5.75 Å². The minimum absolute atomic E-state index is 0.162. The zero-order valence-electron chi connectivity index (χ0n) is 9.60. The Morgan fingerprint density at radius 3 is 3.06 bits per heavy atom. The van der Waals surface area contributed by atoms with Crippen molar-refractivity contribution in [1.29, 1.82) is 0 Å². The molecule has 3 rings (SSSR count). The van der Waals surface area contributed by atoms with E-state index in [9.17, 15) is 9.90 Å². The Labute approximate surface area is 102 Å². The monoisotopic (exact) mass is 242 g/mol. The standard InChI is InChI=1S/C13H10N2O3/c1-7-12(13-8(6-16)5-14-18-13)10-4-9(17)2-3-11(10)15-7/h2-6,15,17H,1H3. The number of phenols is 1. The highest BCUT2D eigenvalue weighted by atomic mass is 16.5. The van der Waals surface area contributed by atoms with E-state index in [1.54, 1.807) is 18.2 Å². The molecule has 0 saturated carbocycles. The average molecular weight is 242 g/mol. The van der Waals surface area contributed by atoms with E-state index in [1.807, 2.05) is 6.92 Å². The number of hydrogen-bond acceptors (Lipinski definition) is 4. The molecule has 2 heterocycles. The minimum atomic E-state index is 0.162. The van der Waals surface area contributed by atoms with Crippen molar-refractivity contribution in [3.05, 3.63) is 35.7 Å². The predicted molar refractivity (Wildman–Crippen MR) is 65.6 cm³/mol. The van der Waals surface area contributed by atoms with Crippen molar-refractivity contribution in [2.45, 2.75) is 6.92 Å². The summed E-state index contributed by atoms with van der Waals surface area (Å²) in [6.45, 7) is 1.88. The first-order valence-electron chi connectivity index (χ1n) is 5.42. The number of H-pyrrole nitrogens is 1. The lowest BCUT2D eigenvalue weighted by Gasteiger charge is -1.97. The number of aromatic hydroxyl groups is 1. The summed E-state index contributed by atoms with van der Waals surface area (Å²) in [6, 6.07) is 5.01. The maximum absolute atomic E-state index is 10.9. The lowest BCUT2D eigenvalue weighted by atomic mass is 10.1. The summed E-state index contributed by atoms with van der Waals surface area (Å²) < 4.78 is 5.15. The molecule has 0 saturated heterocycles. The maximum atomic E-state index is 10.9. The third-order valence-electron chi connectivity index (χ3n) is 2.92. The van der Waals surface area contributed by atoms with Gasteiger partial charge >= 0.3 is 0 Å². The summed E-state index contributed by atoms with van der Waals surface area (Å²) in [5.41, 5.74) is 2.87. The molecule has 90 valence electrons. The van der Waals surface area contributed by atoms with Gasteiger partial charge in [-0.05, 0) is 25.1 Å². The van der Waals surface area contributed by atoms with Crippen LogP contribution in [0.1, 0.15) is 16.1 Å². The SMILES string of the molecule is Cc1[nH]c2ccc(O)cc2c1-c1oncc1C=O. The first kappa shape index (κ1) is 10.6. The number of aromatic nitrogens is 2. The second kappa shape index (κ2) is 3.73. The summed E-state index contributed by atoms with van der Waals surface area (Å²) in [6.07, 6.45) is 2.08. The Hall–Kier alpha value is -2.56. The summed E-state index contributed by atoms with van der Waals surface area (Å²) in [5, 5.41) is 14.0. The molecule has 2 aromatic heterocycles. The van der Waals surface area contributed by atoms with Crippen molar-refractivity contribution in [3.63, 3.8) is 0 Å². The Morgan fingerprint density at radius 1 is 1.44 bits per heavy atom. The van der Waals surface area contributed by atoms with E-state index in [0.717, 1.165) is 22.2 Å². The molecular formula is C13H10N2O3. The zero-order chi connectivity index (χ0) is 12.7. The normalized spacial score (nSPS) is 10.9. The van der Waals surface area contributed by atoms with Gasteiger partial charge in [-0.2, -0.15) is 0 Å². The average Bonchev–Trinajstić information content (AvgIpc) is 2.91. The van der Waals surface area contributed by atoms with Crippen molar-refractivity contribution in [1.82, 2.24) is 10.1 Å². The second-order valence-corrected chi connectivity index (χ2v) is 4.08. The van der Waals surface area contributed by atoms with Gasteiger partial charge in [0.2, 0.25) is 0 Å². The Kier molecular flexibility index (Phi) is 2.19. The fourth-order valence-corrected chi connectivity index (χ4v) is 2.13. The highest BCUT2D eigenvalue weighted by molar-refractivity contribution is 6.00. The molecule has 1 aromatic carbocycles. The number of rotatable bonds is 2. The Bertz CT molecular complexity index is 740. The van der Waals surface area contributed by atoms with Gasteiger partial charge in [0.05, 0.1) is 11.8 Å². The van der Waals surface area contributed by atoms with E-state index >= 15 is 0 Å². The van der Waals surface area contributed by atoms with Gasteiger partial charge in [0.1, 0.15) is 5.75 Å². The molecule has 0 aliphatic carbocycles. The maximum Gasteiger partial charge on any atom is 0.179 e. The summed E-state index contributed by atoms with van der Waals surface area (Å²) in [5.74, 6) is 0.578. The van der Waals surface area contributed by atoms with Crippen molar-refractivity contribution < 1.29 is 14.4 Å². The molecule has 0 atom stereocenters. The largest absolute Gasteiger partial charge is 0.508 e. The van der Waals surface area contributed by atoms with Crippen LogP contribution in [0.2, 0.25) is 0 Å². The quantitative estimate of drug-likeness (QED) is 0.677. The molecule has 18 heavy (non-hydrogen) atoms. The van der Waals surface area contributed by atoms with E-state index in [2.05, 4.69) is 10.1 Å². The molecule has 0 aliphatic rings. The van der Waals surface area contributed by atoms with Gasteiger partial charge in [-0.3, -0.25) is 4.79 Å². The number of fused-ring (bicyclic) bond motifs is 1. The number of aldehydes is 1. The van der Waals surface area contributed by atoms with E-state index in [4.69, 9.17) is 4.52 Å². The van der Waals surface area contributed by atoms with Crippen LogP contribution in [0, 0.1) is 6.92 Å². The first-order chi connectivity index (χ1) is 8.70. The molecule has 5 heteroatoms. The van der Waals surface area contributed by atoms with Crippen molar-refractivity contribution >= 4 is 17.2 Å². The van der Waals surface area contributed by atoms with Crippen LogP contribution in [0.4, 0.5) is 0 Å². The minimum Gasteiger partial charge on any atom is -0.508 e. The molecular weight excluding hydrogens is 232 g/mol. The Morgan fingerprint density at radius 2 is 2.28 bits per heavy atom. The molecule has 0 bridgehead atoms. The molecule has 0 aliphatic heterocycles. The van der Waals surface area contributed by atoms with Gasteiger partial charge in [-0.15, -0.1) is 0 Å². The molecule has 0 amide bonds. The fraction of sp³-hybridized carbons (Fsp3) is 0.0769. The summed E-state index contributed by atoms with van der Waals surface area (Å²) >= 11 is 0. The van der Waals surface area contributed by atoms with E-state index in [0.29, 0.717) is 17.6 Å². The van der Waals surface area contributed by atoms with Crippen LogP contribution < -0.4 is 0 Å². The van der Waals surface area contributed by atoms with Crippen LogP contribution >= 0.6 is 0 Å². The summed E-state index contributed by atoms with van der Waals surface area (Å²) in [4.78, 5) is 14.1. The topological polar surface area (TPSA) is 79.1 Å². The van der Waals surface area contributed by atoms with Gasteiger partial charge in [0.25, 0.3) is 0 Å². The molecule has 0 fully saturated rings. The number of nitrogens with one attached hydrogen (secondary N) is 1. The number of phenolic OH excluding ortho intramolecular Hbond substituents is 1. The van der Waals surface area contributed by atoms with Crippen molar-refractivity contribution in [3.8, 4) is 17.1 Å². The van der Waals surface area contributed by atoms with Gasteiger partial charge in [-0.1, -0.05) is 5.16 Å². The number of aryl methyl sites for hydroxylation is 1. The van der Waals surface area contributed by atoms with Gasteiger partial charge in [0.15, 0.2) is 12.0 Å². The Balaban J connectivity index is 2.37. The second-order valence-electron chi connectivity index (χ2n) is 4.08. The fourth-order valence-electron chi connectivity index (χ4n) is 2.13. The van der Waals surface area contributed by atoms with Crippen LogP contribution in [0.5, 0.6) is 5.75 Å². The van der Waals surface area contributed by atoms with Crippen LogP contribution in [-0.4, -0.2) is 21.5 Å². The number of carbonyl (C=O) groups excluding carboxylic acids is 1. The highest BCUT2D eigenvalue weighted by Crippen LogP contribution is 2.35. The molecule has 0 radical (unpaired) electrons. The van der Waals surface area contributed by atoms with Crippen molar-refractivity contribution in [2.75, 3.05) is 0 Å². The molecule has 0 unspecified atom stereocenters. The van der Waals surface area contributed by atoms with Crippen LogP contribution in [0.25, 0.3) is 22.2 Å². The van der Waals surface area contributed by atoms with E-state index < -0.39 is 0 Å². The number of carbonyl (C=O) groups is 1. The molecule has 3 aromatic rings. The third kappa shape index (κ3) is 1.41. The lowest BCUT2D eigenvalue weighted by molar-refractivity contribution is 0.112. The lowest BCUT2D eigenvalue weighted by Crippen LogP contribution is -1.83. The predicted octanol–water partition coefficient (Wildman–Crippen LogP) is 2.65. The number of aromatic amines is 1. The van der Waals surface area contributed by atoms with Crippen LogP contribution in [0.3, 0.4) is 0 Å². The first-order valence-corrected chi connectivity index (χ1v) is 5.42. The molecule has 2 N–H and O–H groups in total. The van der Waals surface area contributed by atoms with Gasteiger partial charge < -0.3 is 14.6 Å². The number of benzene rings is 1. The highest BCUT2D eigenvalue weighted by Gasteiger charge is 2.18. The third-order valence-corrected chi connectivity index (χ3v) is 2.92. The van der Waals surface area contributed by atoms with Gasteiger partial charge in [-0.25, -0.2) is 0 Å².